The molecule has 0 radical (unpaired) electrons. The van der Waals surface area contributed by atoms with E-state index in [2.05, 4.69) is 24.2 Å². The molecule has 1 aromatic rings. The maximum atomic E-state index is 4.33. The first kappa shape index (κ1) is 12.7. The summed E-state index contributed by atoms with van der Waals surface area (Å²) in [5.74, 6) is 0.803. The fourth-order valence-corrected chi connectivity index (χ4v) is 2.63. The highest BCUT2D eigenvalue weighted by atomic mass is 32.1. The maximum absolute atomic E-state index is 4.33. The van der Waals surface area contributed by atoms with Gasteiger partial charge in [-0.05, 0) is 5.92 Å². The molecule has 2 heteroatoms. The smallest absolute Gasteiger partial charge is 0.0927 e. The second-order valence-corrected chi connectivity index (χ2v) is 5.42. The van der Waals surface area contributed by atoms with Crippen molar-refractivity contribution in [3.05, 3.63) is 16.6 Å². The average molecular weight is 225 g/mol. The lowest BCUT2D eigenvalue weighted by molar-refractivity contribution is 0.483. The molecule has 0 saturated carbocycles. The third-order valence-electron chi connectivity index (χ3n) is 2.81. The van der Waals surface area contributed by atoms with E-state index >= 15 is 0 Å². The van der Waals surface area contributed by atoms with E-state index in [1.165, 1.54) is 50.0 Å². The molecule has 1 heterocycles. The first-order chi connectivity index (χ1) is 7.33. The van der Waals surface area contributed by atoms with E-state index in [1.807, 2.05) is 6.20 Å². The van der Waals surface area contributed by atoms with Gasteiger partial charge in [0.2, 0.25) is 0 Å². The molecule has 1 atom stereocenters. The number of hydrogen-bond donors (Lipinski definition) is 0. The highest BCUT2D eigenvalue weighted by Crippen LogP contribution is 2.17. The molecule has 1 rings (SSSR count). The lowest BCUT2D eigenvalue weighted by Gasteiger charge is -2.08. The minimum Gasteiger partial charge on any atom is -0.250 e. The van der Waals surface area contributed by atoms with Crippen LogP contribution in [-0.2, 0) is 6.42 Å². The van der Waals surface area contributed by atoms with Crippen LogP contribution in [0.2, 0.25) is 0 Å². The predicted molar refractivity (Wildman–Crippen MR) is 68.4 cm³/mol. The largest absolute Gasteiger partial charge is 0.250 e. The van der Waals surface area contributed by atoms with E-state index in [0.29, 0.717) is 0 Å². The number of thiazole rings is 1. The normalized spacial score (nSPS) is 12.9. The van der Waals surface area contributed by atoms with Crippen molar-refractivity contribution >= 4 is 11.3 Å². The number of nitrogens with zero attached hydrogens (tertiary/aromatic N) is 1. The molecular formula is C13H23NS. The first-order valence-electron chi connectivity index (χ1n) is 6.21. The van der Waals surface area contributed by atoms with Crippen molar-refractivity contribution in [2.45, 2.75) is 58.8 Å². The maximum Gasteiger partial charge on any atom is 0.0927 e. The fourth-order valence-electron chi connectivity index (χ4n) is 1.85. The molecule has 1 unspecified atom stereocenters. The SMILES string of the molecule is CCCCCCCC(C)Cc1nccs1. The predicted octanol–water partition coefficient (Wildman–Crippen LogP) is 4.68. The Morgan fingerprint density at radius 2 is 2.07 bits per heavy atom. The molecule has 0 aliphatic rings. The van der Waals surface area contributed by atoms with Gasteiger partial charge in [0.1, 0.15) is 0 Å². The molecule has 0 spiro atoms. The third-order valence-corrected chi connectivity index (χ3v) is 3.61. The fraction of sp³-hybridized carbons (Fsp3) is 0.769. The van der Waals surface area contributed by atoms with E-state index in [1.54, 1.807) is 11.3 Å². The zero-order chi connectivity index (χ0) is 10.9. The lowest BCUT2D eigenvalue weighted by Crippen LogP contribution is -1.99. The van der Waals surface area contributed by atoms with Crippen LogP contribution in [0, 0.1) is 5.92 Å². The van der Waals surface area contributed by atoms with Gasteiger partial charge in [-0.1, -0.05) is 52.4 Å². The second-order valence-electron chi connectivity index (χ2n) is 4.44. The molecule has 1 aromatic heterocycles. The number of aromatic nitrogens is 1. The van der Waals surface area contributed by atoms with Crippen LogP contribution in [0.1, 0.15) is 57.4 Å². The summed E-state index contributed by atoms with van der Waals surface area (Å²) in [5, 5.41) is 3.37. The van der Waals surface area contributed by atoms with Crippen molar-refractivity contribution in [2.24, 2.45) is 5.92 Å². The number of rotatable bonds is 8. The van der Waals surface area contributed by atoms with Gasteiger partial charge in [-0.3, -0.25) is 0 Å². The molecule has 86 valence electrons. The molecule has 0 bridgehead atoms. The van der Waals surface area contributed by atoms with Gasteiger partial charge in [0, 0.05) is 18.0 Å². The summed E-state index contributed by atoms with van der Waals surface area (Å²) < 4.78 is 0. The van der Waals surface area contributed by atoms with Crippen LogP contribution in [0.5, 0.6) is 0 Å². The molecular weight excluding hydrogens is 202 g/mol. The highest BCUT2D eigenvalue weighted by molar-refractivity contribution is 7.09. The Labute approximate surface area is 97.9 Å². The topological polar surface area (TPSA) is 12.9 Å². The summed E-state index contributed by atoms with van der Waals surface area (Å²) >= 11 is 1.79. The molecule has 0 amide bonds. The first-order valence-corrected chi connectivity index (χ1v) is 7.09. The van der Waals surface area contributed by atoms with Gasteiger partial charge in [-0.15, -0.1) is 11.3 Å². The minimum absolute atomic E-state index is 0.803. The lowest BCUT2D eigenvalue weighted by atomic mass is 9.99. The monoisotopic (exact) mass is 225 g/mol. The van der Waals surface area contributed by atoms with Crippen LogP contribution < -0.4 is 0 Å². The summed E-state index contributed by atoms with van der Waals surface area (Å²) in [5.41, 5.74) is 0. The van der Waals surface area contributed by atoms with E-state index < -0.39 is 0 Å². The van der Waals surface area contributed by atoms with Crippen LogP contribution in [0.25, 0.3) is 0 Å². The molecule has 0 aromatic carbocycles. The van der Waals surface area contributed by atoms with Gasteiger partial charge < -0.3 is 0 Å². The quantitative estimate of drug-likeness (QED) is 0.585. The zero-order valence-corrected chi connectivity index (χ0v) is 10.9. The molecule has 0 N–H and O–H groups in total. The van der Waals surface area contributed by atoms with E-state index in [-0.39, 0.29) is 0 Å². The van der Waals surface area contributed by atoms with Gasteiger partial charge >= 0.3 is 0 Å². The number of hydrogen-bond acceptors (Lipinski definition) is 2. The van der Waals surface area contributed by atoms with E-state index in [0.717, 1.165) is 5.92 Å². The van der Waals surface area contributed by atoms with Gasteiger partial charge in [-0.2, -0.15) is 0 Å². The Bertz CT molecular complexity index is 231. The van der Waals surface area contributed by atoms with Crippen molar-refractivity contribution in [1.82, 2.24) is 4.98 Å². The van der Waals surface area contributed by atoms with E-state index in [4.69, 9.17) is 0 Å². The third kappa shape index (κ3) is 5.93. The highest BCUT2D eigenvalue weighted by Gasteiger charge is 2.04. The molecule has 0 saturated heterocycles. The van der Waals surface area contributed by atoms with Gasteiger partial charge in [0.05, 0.1) is 5.01 Å². The van der Waals surface area contributed by atoms with Crippen LogP contribution in [0.15, 0.2) is 11.6 Å². The summed E-state index contributed by atoms with van der Waals surface area (Å²) in [7, 11) is 0. The Hall–Kier alpha value is -0.370. The Morgan fingerprint density at radius 1 is 1.27 bits per heavy atom. The number of unbranched alkanes of at least 4 members (excludes halogenated alkanes) is 4. The van der Waals surface area contributed by atoms with Crippen LogP contribution in [0.3, 0.4) is 0 Å². The Balaban J connectivity index is 2.01. The van der Waals surface area contributed by atoms with Crippen LogP contribution >= 0.6 is 11.3 Å². The molecule has 0 aliphatic carbocycles. The summed E-state index contributed by atoms with van der Waals surface area (Å²) in [6.45, 7) is 4.62. The van der Waals surface area contributed by atoms with Crippen molar-refractivity contribution < 1.29 is 0 Å². The zero-order valence-electron chi connectivity index (χ0n) is 10.0. The summed E-state index contributed by atoms with van der Waals surface area (Å²) in [4.78, 5) is 4.33. The van der Waals surface area contributed by atoms with Crippen molar-refractivity contribution in [3.8, 4) is 0 Å². The van der Waals surface area contributed by atoms with Gasteiger partial charge in [0.15, 0.2) is 0 Å². The van der Waals surface area contributed by atoms with Crippen LogP contribution in [-0.4, -0.2) is 4.98 Å². The molecule has 0 aliphatic heterocycles. The van der Waals surface area contributed by atoms with E-state index in [9.17, 15) is 0 Å². The van der Waals surface area contributed by atoms with Crippen LogP contribution in [0.4, 0.5) is 0 Å². The Kier molecular flexibility index (Phi) is 6.66. The minimum atomic E-state index is 0.803. The van der Waals surface area contributed by atoms with Crippen molar-refractivity contribution in [2.75, 3.05) is 0 Å². The summed E-state index contributed by atoms with van der Waals surface area (Å²) in [6, 6.07) is 0. The van der Waals surface area contributed by atoms with Gasteiger partial charge in [0.25, 0.3) is 0 Å². The second kappa shape index (κ2) is 7.86. The molecule has 0 fully saturated rings. The van der Waals surface area contributed by atoms with Crippen molar-refractivity contribution in [3.63, 3.8) is 0 Å². The molecule has 15 heavy (non-hydrogen) atoms. The standard InChI is InChI=1S/C13H23NS/c1-3-4-5-6-7-8-12(2)11-13-14-9-10-15-13/h9-10,12H,3-8,11H2,1-2H3. The average Bonchev–Trinajstić information content (AvgIpc) is 2.70. The van der Waals surface area contributed by atoms with Gasteiger partial charge in [-0.25, -0.2) is 4.98 Å². The molecule has 1 nitrogen and oxygen atoms in total. The Morgan fingerprint density at radius 3 is 2.73 bits per heavy atom. The summed E-state index contributed by atoms with van der Waals surface area (Å²) in [6.07, 6.45) is 11.4. The van der Waals surface area contributed by atoms with Crippen molar-refractivity contribution in [1.29, 1.82) is 0 Å².